The molecule has 0 aromatic carbocycles. The summed E-state index contributed by atoms with van der Waals surface area (Å²) < 4.78 is 9.47. The van der Waals surface area contributed by atoms with Gasteiger partial charge in [-0.15, -0.1) is 5.10 Å². The Balaban J connectivity index is 1.96. The van der Waals surface area contributed by atoms with Crippen LogP contribution in [0.4, 0.5) is 0 Å². The van der Waals surface area contributed by atoms with E-state index in [1.54, 1.807) is 7.11 Å². The summed E-state index contributed by atoms with van der Waals surface area (Å²) in [6, 6.07) is 6.71. The van der Waals surface area contributed by atoms with Crippen molar-refractivity contribution >= 4 is 16.7 Å². The highest BCUT2D eigenvalue weighted by Crippen LogP contribution is 2.32. The van der Waals surface area contributed by atoms with E-state index in [2.05, 4.69) is 79.1 Å². The van der Waals surface area contributed by atoms with Crippen molar-refractivity contribution in [2.24, 2.45) is 0 Å². The van der Waals surface area contributed by atoms with Gasteiger partial charge >= 0.3 is 0 Å². The molecule has 0 saturated heterocycles. The topological polar surface area (TPSA) is 70.1 Å². The van der Waals surface area contributed by atoms with Gasteiger partial charge in [0.15, 0.2) is 5.65 Å². The molecule has 0 bridgehead atoms. The highest BCUT2D eigenvalue weighted by molar-refractivity contribution is 5.87. The number of hydrogen-bond donors (Lipinski definition) is 0. The smallest absolute Gasteiger partial charge is 0.188 e. The quantitative estimate of drug-likeness (QED) is 0.488. The van der Waals surface area contributed by atoms with Gasteiger partial charge in [0.05, 0.1) is 29.4 Å². The molecule has 4 aromatic rings. The van der Waals surface area contributed by atoms with E-state index in [-0.39, 0.29) is 6.04 Å². The molecule has 0 aliphatic rings. The zero-order valence-corrected chi connectivity index (χ0v) is 18.0. The van der Waals surface area contributed by atoms with E-state index in [0.717, 1.165) is 45.6 Å². The lowest BCUT2D eigenvalue weighted by atomic mass is 10.0. The van der Waals surface area contributed by atoms with Crippen molar-refractivity contribution in [3.8, 4) is 11.3 Å². The van der Waals surface area contributed by atoms with Gasteiger partial charge < -0.3 is 9.30 Å². The molecule has 0 aliphatic heterocycles. The standard InChI is InChI=1S/C22H28N6O/c1-7-16-10-19-20(14(4)11-27(19)15(5)12-29-6)23-21(16)17-8-9-18(13(2)3)28-22(17)24-25-26-28/h8-11,13,15H,7,12H2,1-6H3/t15-/m0/s1. The van der Waals surface area contributed by atoms with Gasteiger partial charge in [-0.2, -0.15) is 4.52 Å². The average molecular weight is 393 g/mol. The van der Waals surface area contributed by atoms with Crippen LogP contribution in [0.15, 0.2) is 24.4 Å². The largest absolute Gasteiger partial charge is 0.383 e. The predicted octanol–water partition coefficient (Wildman–Crippen LogP) is 4.34. The lowest BCUT2D eigenvalue weighted by Crippen LogP contribution is -2.10. The first kappa shape index (κ1) is 19.5. The first-order valence-corrected chi connectivity index (χ1v) is 10.2. The average Bonchev–Trinajstić information content (AvgIpc) is 3.31. The SMILES string of the molecule is CCc1cc2c(nc1-c1ccc(C(C)C)n3nnnc13)c(C)cn2[C@@H](C)COC. The minimum atomic E-state index is 0.242. The molecule has 29 heavy (non-hydrogen) atoms. The highest BCUT2D eigenvalue weighted by Gasteiger charge is 2.20. The van der Waals surface area contributed by atoms with Crippen molar-refractivity contribution < 1.29 is 4.74 Å². The van der Waals surface area contributed by atoms with Gasteiger partial charge in [-0.1, -0.05) is 20.8 Å². The number of fused-ring (bicyclic) bond motifs is 2. The van der Waals surface area contributed by atoms with Gasteiger partial charge in [0.1, 0.15) is 0 Å². The third-order valence-electron chi connectivity index (χ3n) is 5.55. The van der Waals surface area contributed by atoms with Crippen molar-refractivity contribution in [1.82, 2.24) is 29.6 Å². The fourth-order valence-electron chi connectivity index (χ4n) is 4.02. The second-order valence-corrected chi connectivity index (χ2v) is 7.98. The summed E-state index contributed by atoms with van der Waals surface area (Å²) in [6.45, 7) is 11.4. The zero-order chi connectivity index (χ0) is 20.7. The Morgan fingerprint density at radius 2 is 1.97 bits per heavy atom. The van der Waals surface area contributed by atoms with E-state index in [1.165, 1.54) is 5.56 Å². The van der Waals surface area contributed by atoms with Crippen LogP contribution in [0, 0.1) is 6.92 Å². The number of methoxy groups -OCH3 is 1. The fourth-order valence-corrected chi connectivity index (χ4v) is 4.02. The van der Waals surface area contributed by atoms with Crippen LogP contribution in [-0.2, 0) is 11.2 Å². The van der Waals surface area contributed by atoms with Crippen LogP contribution in [0.2, 0.25) is 0 Å². The summed E-state index contributed by atoms with van der Waals surface area (Å²) >= 11 is 0. The number of hydrogen-bond acceptors (Lipinski definition) is 5. The molecule has 0 saturated carbocycles. The number of rotatable bonds is 6. The molecule has 7 heteroatoms. The number of aromatic nitrogens is 6. The van der Waals surface area contributed by atoms with Gasteiger partial charge in [0.2, 0.25) is 0 Å². The lowest BCUT2D eigenvalue weighted by Gasteiger charge is -2.16. The molecule has 0 radical (unpaired) electrons. The summed E-state index contributed by atoms with van der Waals surface area (Å²) in [6.07, 6.45) is 3.04. The normalized spacial score (nSPS) is 13.1. The van der Waals surface area contributed by atoms with Crippen LogP contribution in [0.1, 0.15) is 56.5 Å². The molecule has 0 amide bonds. The molecule has 0 spiro atoms. The number of ether oxygens (including phenoxy) is 1. The molecule has 1 atom stereocenters. The first-order chi connectivity index (χ1) is 14.0. The van der Waals surface area contributed by atoms with Gasteiger partial charge in [0, 0.05) is 24.6 Å². The highest BCUT2D eigenvalue weighted by atomic mass is 16.5. The van der Waals surface area contributed by atoms with Crippen LogP contribution in [0.25, 0.3) is 27.9 Å². The Labute approximate surface area is 170 Å². The maximum absolute atomic E-state index is 5.37. The molecule has 0 fully saturated rings. The number of nitrogens with zero attached hydrogens (tertiary/aromatic N) is 6. The molecular weight excluding hydrogens is 364 g/mol. The van der Waals surface area contributed by atoms with E-state index in [1.807, 2.05) is 4.52 Å². The number of pyridine rings is 2. The third-order valence-corrected chi connectivity index (χ3v) is 5.55. The molecule has 4 heterocycles. The van der Waals surface area contributed by atoms with Gasteiger partial charge in [-0.3, -0.25) is 0 Å². The van der Waals surface area contributed by atoms with Crippen molar-refractivity contribution in [1.29, 1.82) is 0 Å². The van der Waals surface area contributed by atoms with E-state index >= 15 is 0 Å². The first-order valence-electron chi connectivity index (χ1n) is 10.2. The summed E-state index contributed by atoms with van der Waals surface area (Å²) in [5.74, 6) is 0.328. The fraction of sp³-hybridized carbons (Fsp3) is 0.455. The van der Waals surface area contributed by atoms with Crippen LogP contribution in [0.5, 0.6) is 0 Å². The Kier molecular flexibility index (Phi) is 5.08. The minimum Gasteiger partial charge on any atom is -0.383 e. The number of tetrazole rings is 1. The van der Waals surface area contributed by atoms with Crippen LogP contribution in [-0.4, -0.2) is 43.3 Å². The predicted molar refractivity (Wildman–Crippen MR) is 114 cm³/mol. The van der Waals surface area contributed by atoms with Gasteiger partial charge in [-0.25, -0.2) is 4.98 Å². The summed E-state index contributed by atoms with van der Waals surface area (Å²) in [5.41, 5.74) is 8.25. The lowest BCUT2D eigenvalue weighted by molar-refractivity contribution is 0.164. The van der Waals surface area contributed by atoms with E-state index in [0.29, 0.717) is 12.5 Å². The maximum Gasteiger partial charge on any atom is 0.188 e. The minimum absolute atomic E-state index is 0.242. The Bertz CT molecular complexity index is 1170. The molecular formula is C22H28N6O. The van der Waals surface area contributed by atoms with Crippen molar-refractivity contribution in [2.75, 3.05) is 13.7 Å². The number of aryl methyl sites for hydroxylation is 2. The maximum atomic E-state index is 5.37. The van der Waals surface area contributed by atoms with Crippen LogP contribution in [0.3, 0.4) is 0 Å². The van der Waals surface area contributed by atoms with Crippen molar-refractivity contribution in [3.05, 3.63) is 41.2 Å². The van der Waals surface area contributed by atoms with Crippen molar-refractivity contribution in [2.45, 2.75) is 53.0 Å². The van der Waals surface area contributed by atoms with Gasteiger partial charge in [0.25, 0.3) is 0 Å². The monoisotopic (exact) mass is 392 g/mol. The van der Waals surface area contributed by atoms with E-state index < -0.39 is 0 Å². The summed E-state index contributed by atoms with van der Waals surface area (Å²) in [4.78, 5) is 5.11. The van der Waals surface area contributed by atoms with Crippen molar-refractivity contribution in [3.63, 3.8) is 0 Å². The Morgan fingerprint density at radius 1 is 1.17 bits per heavy atom. The Morgan fingerprint density at radius 3 is 2.66 bits per heavy atom. The van der Waals surface area contributed by atoms with Gasteiger partial charge in [-0.05, 0) is 65.9 Å². The molecule has 0 unspecified atom stereocenters. The molecule has 152 valence electrons. The second-order valence-electron chi connectivity index (χ2n) is 7.98. The summed E-state index contributed by atoms with van der Waals surface area (Å²) in [7, 11) is 1.74. The molecule has 0 N–H and O–H groups in total. The van der Waals surface area contributed by atoms with Crippen LogP contribution >= 0.6 is 0 Å². The second kappa shape index (κ2) is 7.55. The van der Waals surface area contributed by atoms with Crippen LogP contribution < -0.4 is 0 Å². The molecule has 4 aromatic heterocycles. The van der Waals surface area contributed by atoms with E-state index in [4.69, 9.17) is 9.72 Å². The van der Waals surface area contributed by atoms with E-state index in [9.17, 15) is 0 Å². The zero-order valence-electron chi connectivity index (χ0n) is 18.0. The summed E-state index contributed by atoms with van der Waals surface area (Å²) in [5, 5.41) is 12.5. The molecule has 4 rings (SSSR count). The molecule has 7 nitrogen and oxygen atoms in total. The third kappa shape index (κ3) is 3.19. The molecule has 0 aliphatic carbocycles. The Hall–Kier alpha value is -2.80.